The number of carbonyl (C=O) groups excluding carboxylic acids is 1. The van der Waals surface area contributed by atoms with E-state index in [0.29, 0.717) is 5.02 Å². The predicted octanol–water partition coefficient (Wildman–Crippen LogP) is 2.82. The summed E-state index contributed by atoms with van der Waals surface area (Å²) in [5.74, 6) is -0.0439. The Morgan fingerprint density at radius 3 is 2.50 bits per heavy atom. The third-order valence-electron chi connectivity index (χ3n) is 4.38. The summed E-state index contributed by atoms with van der Waals surface area (Å²) in [7, 11) is 0. The fraction of sp³-hybridized carbons (Fsp3) is 0.444. The van der Waals surface area contributed by atoms with E-state index in [1.54, 1.807) is 0 Å². The van der Waals surface area contributed by atoms with Crippen LogP contribution in [0.25, 0.3) is 5.69 Å². The first-order valence-corrected chi connectivity index (χ1v) is 8.42. The molecule has 1 aromatic heterocycles. The number of hydrogen-bond donors (Lipinski definition) is 2. The van der Waals surface area contributed by atoms with Gasteiger partial charge in [-0.3, -0.25) is 4.79 Å². The highest BCUT2D eigenvalue weighted by molar-refractivity contribution is 6.30. The van der Waals surface area contributed by atoms with Crippen molar-refractivity contribution < 1.29 is 9.90 Å². The molecule has 1 amide bonds. The van der Waals surface area contributed by atoms with Crippen molar-refractivity contribution in [3.05, 3.63) is 46.2 Å². The number of aliphatic hydroxyl groups excluding tert-OH is 1. The maximum absolute atomic E-state index is 12.3. The van der Waals surface area contributed by atoms with E-state index < -0.39 is 0 Å². The number of aryl methyl sites for hydroxylation is 1. The van der Waals surface area contributed by atoms with E-state index in [9.17, 15) is 9.90 Å². The molecule has 130 valence electrons. The van der Waals surface area contributed by atoms with Gasteiger partial charge < -0.3 is 10.4 Å². The second kappa shape index (κ2) is 7.81. The summed E-state index contributed by atoms with van der Waals surface area (Å²) < 4.78 is 1.83. The van der Waals surface area contributed by atoms with Crippen molar-refractivity contribution in [2.75, 3.05) is 6.61 Å². The van der Waals surface area contributed by atoms with Crippen LogP contribution in [0.2, 0.25) is 5.02 Å². The largest absolute Gasteiger partial charge is 0.396 e. The maximum atomic E-state index is 12.3. The van der Waals surface area contributed by atoms with Crippen LogP contribution in [0.4, 0.5) is 0 Å². The number of aromatic nitrogens is 2. The highest BCUT2D eigenvalue weighted by Gasteiger charge is 2.18. The summed E-state index contributed by atoms with van der Waals surface area (Å²) in [5, 5.41) is 17.3. The number of aliphatic hydroxyl groups is 1. The average Bonchev–Trinajstić information content (AvgIpc) is 2.82. The molecule has 6 heteroatoms. The van der Waals surface area contributed by atoms with Crippen LogP contribution in [0.3, 0.4) is 0 Å². The first kappa shape index (κ1) is 18.5. The molecule has 1 aromatic carbocycles. The zero-order valence-corrected chi connectivity index (χ0v) is 15.3. The lowest BCUT2D eigenvalue weighted by Crippen LogP contribution is -2.39. The number of amides is 1. The van der Waals surface area contributed by atoms with Gasteiger partial charge in [0.15, 0.2) is 0 Å². The molecule has 0 saturated carbocycles. The molecule has 2 unspecified atom stereocenters. The smallest absolute Gasteiger partial charge is 0.224 e. The minimum atomic E-state index is -0.0746. The van der Waals surface area contributed by atoms with Gasteiger partial charge in [-0.25, -0.2) is 4.68 Å². The van der Waals surface area contributed by atoms with Gasteiger partial charge in [0.2, 0.25) is 5.91 Å². The number of rotatable bonds is 6. The molecule has 2 N–H and O–H groups in total. The normalized spacial score (nSPS) is 13.6. The van der Waals surface area contributed by atoms with Crippen LogP contribution >= 0.6 is 11.6 Å². The monoisotopic (exact) mass is 349 g/mol. The van der Waals surface area contributed by atoms with Crippen molar-refractivity contribution in [2.45, 2.75) is 40.2 Å². The van der Waals surface area contributed by atoms with Crippen LogP contribution in [0, 0.1) is 19.8 Å². The Labute approximate surface area is 147 Å². The first-order valence-electron chi connectivity index (χ1n) is 8.04. The van der Waals surface area contributed by atoms with E-state index in [2.05, 4.69) is 10.4 Å². The van der Waals surface area contributed by atoms with Gasteiger partial charge in [-0.15, -0.1) is 0 Å². The quantitative estimate of drug-likeness (QED) is 0.842. The molecule has 0 radical (unpaired) electrons. The SMILES string of the molecule is Cc1nn(-c2ccc(Cl)cc2)c(C)c1CC(=O)NC(C)C(C)CO. The third-order valence-corrected chi connectivity index (χ3v) is 4.63. The summed E-state index contributed by atoms with van der Waals surface area (Å²) in [6, 6.07) is 7.36. The van der Waals surface area contributed by atoms with Crippen molar-refractivity contribution in [2.24, 2.45) is 5.92 Å². The zero-order valence-electron chi connectivity index (χ0n) is 14.5. The number of nitrogens with one attached hydrogen (secondary N) is 1. The van der Waals surface area contributed by atoms with E-state index in [1.165, 1.54) is 0 Å². The Balaban J connectivity index is 2.17. The predicted molar refractivity (Wildman–Crippen MR) is 95.6 cm³/mol. The topological polar surface area (TPSA) is 67.2 Å². The van der Waals surface area contributed by atoms with E-state index in [1.807, 2.05) is 56.6 Å². The molecule has 2 atom stereocenters. The molecule has 24 heavy (non-hydrogen) atoms. The number of hydrogen-bond acceptors (Lipinski definition) is 3. The lowest BCUT2D eigenvalue weighted by atomic mass is 10.0. The Kier molecular flexibility index (Phi) is 6.02. The van der Waals surface area contributed by atoms with Crippen LogP contribution in [0.15, 0.2) is 24.3 Å². The molecule has 0 spiro atoms. The molecule has 0 saturated heterocycles. The molecular weight excluding hydrogens is 326 g/mol. The summed E-state index contributed by atoms with van der Waals surface area (Å²) in [4.78, 5) is 12.3. The van der Waals surface area contributed by atoms with E-state index in [0.717, 1.165) is 22.6 Å². The van der Waals surface area contributed by atoms with Crippen molar-refractivity contribution in [3.8, 4) is 5.69 Å². The van der Waals surface area contributed by atoms with Gasteiger partial charge >= 0.3 is 0 Å². The first-order chi connectivity index (χ1) is 11.3. The minimum absolute atomic E-state index is 0.0212. The second-order valence-corrected chi connectivity index (χ2v) is 6.67. The fourth-order valence-electron chi connectivity index (χ4n) is 2.53. The molecule has 0 bridgehead atoms. The lowest BCUT2D eigenvalue weighted by Gasteiger charge is -2.19. The molecule has 2 aromatic rings. The Bertz CT molecular complexity index is 710. The van der Waals surface area contributed by atoms with Crippen LogP contribution in [-0.4, -0.2) is 33.4 Å². The Morgan fingerprint density at radius 2 is 1.92 bits per heavy atom. The van der Waals surface area contributed by atoms with Gasteiger partial charge in [-0.2, -0.15) is 5.10 Å². The molecule has 0 aliphatic heterocycles. The summed E-state index contributed by atoms with van der Waals surface area (Å²) in [6.07, 6.45) is 0.272. The molecule has 2 rings (SSSR count). The van der Waals surface area contributed by atoms with E-state index >= 15 is 0 Å². The van der Waals surface area contributed by atoms with Crippen LogP contribution in [0.5, 0.6) is 0 Å². The van der Waals surface area contributed by atoms with Gasteiger partial charge in [0, 0.05) is 28.9 Å². The van der Waals surface area contributed by atoms with Gasteiger partial charge in [0.05, 0.1) is 17.8 Å². The minimum Gasteiger partial charge on any atom is -0.396 e. The highest BCUT2D eigenvalue weighted by Crippen LogP contribution is 2.20. The van der Waals surface area contributed by atoms with Crippen molar-refractivity contribution in [3.63, 3.8) is 0 Å². The Hall–Kier alpha value is -1.85. The zero-order chi connectivity index (χ0) is 17.9. The van der Waals surface area contributed by atoms with Crippen molar-refractivity contribution in [1.82, 2.24) is 15.1 Å². The standard InChI is InChI=1S/C18H24ClN3O2/c1-11(10-23)12(2)20-18(24)9-17-13(3)21-22(14(17)4)16-7-5-15(19)6-8-16/h5-8,11-12,23H,9-10H2,1-4H3,(H,20,24). The molecule has 0 aliphatic carbocycles. The fourth-order valence-corrected chi connectivity index (χ4v) is 2.66. The molecule has 5 nitrogen and oxygen atoms in total. The van der Waals surface area contributed by atoms with Gasteiger partial charge in [0.1, 0.15) is 0 Å². The van der Waals surface area contributed by atoms with Gasteiger partial charge in [-0.05, 0) is 51.0 Å². The molecular formula is C18H24ClN3O2. The summed E-state index contributed by atoms with van der Waals surface area (Å²) in [5.41, 5.74) is 3.61. The van der Waals surface area contributed by atoms with Crippen LogP contribution in [-0.2, 0) is 11.2 Å². The van der Waals surface area contributed by atoms with E-state index in [4.69, 9.17) is 11.6 Å². The summed E-state index contributed by atoms with van der Waals surface area (Å²) in [6.45, 7) is 7.71. The van der Waals surface area contributed by atoms with Gasteiger partial charge in [-0.1, -0.05) is 18.5 Å². The maximum Gasteiger partial charge on any atom is 0.224 e. The molecule has 0 aliphatic rings. The second-order valence-electron chi connectivity index (χ2n) is 6.23. The van der Waals surface area contributed by atoms with E-state index in [-0.39, 0.29) is 30.9 Å². The average molecular weight is 350 g/mol. The Morgan fingerprint density at radius 1 is 1.29 bits per heavy atom. The third kappa shape index (κ3) is 4.16. The molecule has 0 fully saturated rings. The van der Waals surface area contributed by atoms with Crippen molar-refractivity contribution in [1.29, 1.82) is 0 Å². The van der Waals surface area contributed by atoms with Crippen LogP contribution in [0.1, 0.15) is 30.8 Å². The lowest BCUT2D eigenvalue weighted by molar-refractivity contribution is -0.121. The van der Waals surface area contributed by atoms with Gasteiger partial charge in [0.25, 0.3) is 0 Å². The summed E-state index contributed by atoms with van der Waals surface area (Å²) >= 11 is 5.93. The van der Waals surface area contributed by atoms with Crippen molar-refractivity contribution >= 4 is 17.5 Å². The highest BCUT2D eigenvalue weighted by atomic mass is 35.5. The number of nitrogens with zero attached hydrogens (tertiary/aromatic N) is 2. The molecule has 1 heterocycles. The number of carbonyl (C=O) groups is 1. The van der Waals surface area contributed by atoms with Crippen LogP contribution < -0.4 is 5.32 Å². The number of halogens is 1. The number of benzene rings is 1.